The van der Waals surface area contributed by atoms with Crippen LogP contribution < -0.4 is 0 Å². The molecular formula is C19H19FN2O. The summed E-state index contributed by atoms with van der Waals surface area (Å²) in [4.78, 5) is 17.4. The van der Waals surface area contributed by atoms with E-state index in [-0.39, 0.29) is 11.7 Å². The maximum atomic E-state index is 13.8. The van der Waals surface area contributed by atoms with Gasteiger partial charge in [0.2, 0.25) is 0 Å². The quantitative estimate of drug-likeness (QED) is 0.759. The van der Waals surface area contributed by atoms with Gasteiger partial charge in [0, 0.05) is 24.0 Å². The molecule has 2 aromatic carbocycles. The summed E-state index contributed by atoms with van der Waals surface area (Å²) in [6, 6.07) is 16.5. The minimum atomic E-state index is -0.315. The van der Waals surface area contributed by atoms with E-state index in [0.717, 1.165) is 6.42 Å². The van der Waals surface area contributed by atoms with Gasteiger partial charge in [-0.05, 0) is 37.1 Å². The van der Waals surface area contributed by atoms with Crippen LogP contribution in [0.1, 0.15) is 23.0 Å². The Labute approximate surface area is 134 Å². The number of carbonyl (C=O) groups excluding carboxylic acids is 1. The molecule has 3 nitrogen and oxygen atoms in total. The number of hydrogen-bond acceptors (Lipinski definition) is 1. The topological polar surface area (TPSA) is 36.1 Å². The summed E-state index contributed by atoms with van der Waals surface area (Å²) in [5.41, 5.74) is 2.27. The van der Waals surface area contributed by atoms with Crippen molar-refractivity contribution in [3.05, 3.63) is 71.7 Å². The van der Waals surface area contributed by atoms with Crippen LogP contribution in [0.5, 0.6) is 0 Å². The SMILES string of the molecule is CCN(CCc1ccccc1)C(=O)c1cc2c(F)cccc2[nH]1. The number of fused-ring (bicyclic) bond motifs is 1. The van der Waals surface area contributed by atoms with Gasteiger partial charge in [-0.3, -0.25) is 4.79 Å². The van der Waals surface area contributed by atoms with E-state index < -0.39 is 0 Å². The third kappa shape index (κ3) is 3.26. The van der Waals surface area contributed by atoms with E-state index >= 15 is 0 Å². The number of H-pyrrole nitrogens is 1. The molecule has 23 heavy (non-hydrogen) atoms. The van der Waals surface area contributed by atoms with Gasteiger partial charge in [-0.2, -0.15) is 0 Å². The molecule has 0 saturated carbocycles. The second-order valence-corrected chi connectivity index (χ2v) is 5.50. The first-order chi connectivity index (χ1) is 11.2. The molecule has 0 aliphatic rings. The monoisotopic (exact) mass is 310 g/mol. The molecule has 0 fully saturated rings. The number of aromatic amines is 1. The number of likely N-dealkylation sites (N-methyl/N-ethyl adjacent to an activating group) is 1. The van der Waals surface area contributed by atoms with E-state index in [1.54, 1.807) is 23.1 Å². The highest BCUT2D eigenvalue weighted by Gasteiger charge is 2.17. The van der Waals surface area contributed by atoms with Crippen LogP contribution in [-0.2, 0) is 6.42 Å². The van der Waals surface area contributed by atoms with Gasteiger partial charge in [-0.1, -0.05) is 36.4 Å². The lowest BCUT2D eigenvalue weighted by Crippen LogP contribution is -2.32. The van der Waals surface area contributed by atoms with Crippen molar-refractivity contribution in [2.24, 2.45) is 0 Å². The molecule has 0 unspecified atom stereocenters. The fourth-order valence-corrected chi connectivity index (χ4v) is 2.72. The number of hydrogen-bond donors (Lipinski definition) is 1. The van der Waals surface area contributed by atoms with E-state index in [4.69, 9.17) is 0 Å². The Bertz CT molecular complexity index is 811. The summed E-state index contributed by atoms with van der Waals surface area (Å²) in [5.74, 6) is -0.413. The fraction of sp³-hybridized carbons (Fsp3) is 0.211. The van der Waals surface area contributed by atoms with Crippen molar-refractivity contribution in [3.8, 4) is 0 Å². The fourth-order valence-electron chi connectivity index (χ4n) is 2.72. The molecule has 4 heteroatoms. The standard InChI is InChI=1S/C19H19FN2O/c1-2-22(12-11-14-7-4-3-5-8-14)19(23)18-13-15-16(20)9-6-10-17(15)21-18/h3-10,13,21H,2,11-12H2,1H3. The molecule has 0 spiro atoms. The first-order valence-electron chi connectivity index (χ1n) is 7.79. The van der Waals surface area contributed by atoms with Crippen LogP contribution in [0.25, 0.3) is 10.9 Å². The van der Waals surface area contributed by atoms with Crippen molar-refractivity contribution in [2.45, 2.75) is 13.3 Å². The zero-order valence-corrected chi connectivity index (χ0v) is 13.1. The molecule has 1 amide bonds. The summed E-state index contributed by atoms with van der Waals surface area (Å²) in [5, 5.41) is 0.454. The third-order valence-corrected chi connectivity index (χ3v) is 4.02. The zero-order chi connectivity index (χ0) is 16.2. The maximum absolute atomic E-state index is 13.8. The van der Waals surface area contributed by atoms with Crippen LogP contribution in [0, 0.1) is 5.82 Å². The van der Waals surface area contributed by atoms with Gasteiger partial charge in [0.15, 0.2) is 0 Å². The maximum Gasteiger partial charge on any atom is 0.270 e. The highest BCUT2D eigenvalue weighted by molar-refractivity contribution is 5.98. The first-order valence-corrected chi connectivity index (χ1v) is 7.79. The van der Waals surface area contributed by atoms with E-state index in [9.17, 15) is 9.18 Å². The lowest BCUT2D eigenvalue weighted by atomic mass is 10.1. The number of nitrogens with zero attached hydrogens (tertiary/aromatic N) is 1. The minimum Gasteiger partial charge on any atom is -0.350 e. The predicted molar refractivity (Wildman–Crippen MR) is 90.0 cm³/mol. The smallest absolute Gasteiger partial charge is 0.270 e. The van der Waals surface area contributed by atoms with Gasteiger partial charge >= 0.3 is 0 Å². The van der Waals surface area contributed by atoms with Crippen LogP contribution in [-0.4, -0.2) is 28.9 Å². The molecule has 3 aromatic rings. The minimum absolute atomic E-state index is 0.0981. The molecular weight excluding hydrogens is 291 g/mol. The normalized spacial score (nSPS) is 10.9. The van der Waals surface area contributed by atoms with Crippen LogP contribution in [0.2, 0.25) is 0 Å². The molecule has 0 radical (unpaired) electrons. The highest BCUT2D eigenvalue weighted by atomic mass is 19.1. The van der Waals surface area contributed by atoms with Gasteiger partial charge in [0.05, 0.1) is 0 Å². The average molecular weight is 310 g/mol. The molecule has 1 heterocycles. The zero-order valence-electron chi connectivity index (χ0n) is 13.1. The Morgan fingerprint density at radius 3 is 2.61 bits per heavy atom. The Kier molecular flexibility index (Phi) is 4.42. The Balaban J connectivity index is 1.77. The lowest BCUT2D eigenvalue weighted by Gasteiger charge is -2.20. The molecule has 1 aromatic heterocycles. The number of benzene rings is 2. The van der Waals surface area contributed by atoms with Crippen molar-refractivity contribution in [3.63, 3.8) is 0 Å². The largest absolute Gasteiger partial charge is 0.350 e. The number of nitrogens with one attached hydrogen (secondary N) is 1. The van der Waals surface area contributed by atoms with Crippen molar-refractivity contribution in [1.82, 2.24) is 9.88 Å². The van der Waals surface area contributed by atoms with E-state index in [1.165, 1.54) is 11.6 Å². The second-order valence-electron chi connectivity index (χ2n) is 5.50. The number of rotatable bonds is 5. The number of carbonyl (C=O) groups is 1. The van der Waals surface area contributed by atoms with E-state index in [0.29, 0.717) is 29.7 Å². The van der Waals surface area contributed by atoms with E-state index in [2.05, 4.69) is 17.1 Å². The highest BCUT2D eigenvalue weighted by Crippen LogP contribution is 2.19. The molecule has 0 aliphatic heterocycles. The molecule has 1 N–H and O–H groups in total. The molecule has 0 aliphatic carbocycles. The number of halogens is 1. The van der Waals surface area contributed by atoms with Crippen molar-refractivity contribution in [2.75, 3.05) is 13.1 Å². The molecule has 3 rings (SSSR count). The molecule has 0 atom stereocenters. The second kappa shape index (κ2) is 6.65. The lowest BCUT2D eigenvalue weighted by molar-refractivity contribution is 0.0761. The summed E-state index contributed by atoms with van der Waals surface area (Å²) in [7, 11) is 0. The molecule has 118 valence electrons. The average Bonchev–Trinajstić information content (AvgIpc) is 3.02. The number of aromatic nitrogens is 1. The number of amides is 1. The van der Waals surface area contributed by atoms with Gasteiger partial charge in [0.25, 0.3) is 5.91 Å². The van der Waals surface area contributed by atoms with Crippen LogP contribution in [0.3, 0.4) is 0 Å². The van der Waals surface area contributed by atoms with Crippen LogP contribution in [0.15, 0.2) is 54.6 Å². The Morgan fingerprint density at radius 1 is 1.13 bits per heavy atom. The third-order valence-electron chi connectivity index (χ3n) is 4.02. The Hall–Kier alpha value is -2.62. The molecule has 0 bridgehead atoms. The van der Waals surface area contributed by atoms with Gasteiger partial charge in [0.1, 0.15) is 11.5 Å². The van der Waals surface area contributed by atoms with Crippen molar-refractivity contribution < 1.29 is 9.18 Å². The van der Waals surface area contributed by atoms with Crippen molar-refractivity contribution >= 4 is 16.8 Å². The molecule has 0 saturated heterocycles. The summed E-state index contributed by atoms with van der Waals surface area (Å²) < 4.78 is 13.8. The van der Waals surface area contributed by atoms with E-state index in [1.807, 2.05) is 25.1 Å². The Morgan fingerprint density at radius 2 is 1.91 bits per heavy atom. The predicted octanol–water partition coefficient (Wildman–Crippen LogP) is 4.01. The summed E-state index contributed by atoms with van der Waals surface area (Å²) in [6.07, 6.45) is 0.801. The van der Waals surface area contributed by atoms with Gasteiger partial charge in [-0.25, -0.2) is 4.39 Å². The van der Waals surface area contributed by atoms with Gasteiger partial charge < -0.3 is 9.88 Å². The van der Waals surface area contributed by atoms with Crippen LogP contribution in [0.4, 0.5) is 4.39 Å². The summed E-state index contributed by atoms with van der Waals surface area (Å²) in [6.45, 7) is 3.20. The first kappa shape index (κ1) is 15.3. The van der Waals surface area contributed by atoms with Gasteiger partial charge in [-0.15, -0.1) is 0 Å². The van der Waals surface area contributed by atoms with Crippen LogP contribution >= 0.6 is 0 Å². The summed E-state index contributed by atoms with van der Waals surface area (Å²) >= 11 is 0. The van der Waals surface area contributed by atoms with Crippen molar-refractivity contribution in [1.29, 1.82) is 0 Å².